The molecule has 0 saturated carbocycles. The third kappa shape index (κ3) is 6.90. The van der Waals surface area contributed by atoms with Gasteiger partial charge in [0.05, 0.1) is 38.4 Å². The Kier molecular flexibility index (Phi) is 7.82. The van der Waals surface area contributed by atoms with Crippen LogP contribution in [0.15, 0.2) is 43.0 Å². The molecule has 144 valence electrons. The lowest BCUT2D eigenvalue weighted by Crippen LogP contribution is -2.46. The van der Waals surface area contributed by atoms with Crippen molar-refractivity contribution in [3.63, 3.8) is 0 Å². The van der Waals surface area contributed by atoms with Crippen LogP contribution in [-0.2, 0) is 30.3 Å². The fourth-order valence-electron chi connectivity index (χ4n) is 3.26. The summed E-state index contributed by atoms with van der Waals surface area (Å²) >= 11 is 0. The molecular formula is C21H30O5. The van der Waals surface area contributed by atoms with Gasteiger partial charge in [-0.2, -0.15) is 0 Å². The minimum Gasteiger partial charge on any atom is -0.469 e. The maximum Gasteiger partial charge on any atom is 0.308 e. The number of hydrogen-bond donors (Lipinski definition) is 0. The van der Waals surface area contributed by atoms with Gasteiger partial charge in [-0.3, -0.25) is 4.79 Å². The number of benzene rings is 1. The normalized spacial score (nSPS) is 23.2. The van der Waals surface area contributed by atoms with Crippen LogP contribution in [-0.4, -0.2) is 37.2 Å². The van der Waals surface area contributed by atoms with Gasteiger partial charge in [-0.25, -0.2) is 0 Å². The van der Waals surface area contributed by atoms with Gasteiger partial charge < -0.3 is 18.9 Å². The summed E-state index contributed by atoms with van der Waals surface area (Å²) in [6.07, 6.45) is 3.96. The van der Waals surface area contributed by atoms with Crippen molar-refractivity contribution >= 4 is 5.97 Å². The summed E-state index contributed by atoms with van der Waals surface area (Å²) in [4.78, 5) is 11.6. The number of methoxy groups -OCH3 is 1. The lowest BCUT2D eigenvalue weighted by molar-refractivity contribution is -0.303. The molecule has 0 amide bonds. The molecule has 2 rings (SSSR count). The molecule has 0 N–H and O–H groups in total. The number of esters is 1. The predicted molar refractivity (Wildman–Crippen MR) is 99.5 cm³/mol. The van der Waals surface area contributed by atoms with E-state index in [1.165, 1.54) is 7.11 Å². The molecule has 1 aromatic rings. The van der Waals surface area contributed by atoms with Crippen LogP contribution >= 0.6 is 0 Å². The van der Waals surface area contributed by atoms with Gasteiger partial charge in [-0.1, -0.05) is 36.4 Å². The topological polar surface area (TPSA) is 54.0 Å². The lowest BCUT2D eigenvalue weighted by atomic mass is 9.99. The van der Waals surface area contributed by atoms with Crippen LogP contribution in [0.5, 0.6) is 0 Å². The van der Waals surface area contributed by atoms with Gasteiger partial charge in [-0.05, 0) is 25.8 Å². The molecule has 1 fully saturated rings. The number of carbonyl (C=O) groups excluding carboxylic acids is 1. The van der Waals surface area contributed by atoms with Crippen LogP contribution < -0.4 is 0 Å². The predicted octanol–water partition coefficient (Wildman–Crippen LogP) is 4.01. The van der Waals surface area contributed by atoms with Crippen LogP contribution in [0.25, 0.3) is 0 Å². The number of hydrogen-bond acceptors (Lipinski definition) is 5. The molecule has 1 aromatic carbocycles. The first-order chi connectivity index (χ1) is 12.4. The highest BCUT2D eigenvalue weighted by Gasteiger charge is 2.37. The van der Waals surface area contributed by atoms with E-state index in [-0.39, 0.29) is 30.7 Å². The Morgan fingerprint density at radius 1 is 1.31 bits per heavy atom. The zero-order chi connectivity index (χ0) is 19.0. The standard InChI is InChI=1S/C21H30O5/c1-5-9-17(24-15-16-10-7-6-8-11-16)12-18-13-19(14-20(22)23-4)26-21(2,3)25-18/h5-8,10-11,17-19H,1,9,12-15H2,2-4H3/t17-,18+,19-/m0/s1. The minimum atomic E-state index is -0.736. The Morgan fingerprint density at radius 2 is 2.00 bits per heavy atom. The molecule has 1 aliphatic rings. The van der Waals surface area contributed by atoms with E-state index in [2.05, 4.69) is 6.58 Å². The fourth-order valence-corrected chi connectivity index (χ4v) is 3.26. The molecule has 26 heavy (non-hydrogen) atoms. The van der Waals surface area contributed by atoms with Gasteiger partial charge in [0.15, 0.2) is 5.79 Å². The fraction of sp³-hybridized carbons (Fsp3) is 0.571. The lowest BCUT2D eigenvalue weighted by Gasteiger charge is -2.41. The molecule has 5 heteroatoms. The molecule has 0 unspecified atom stereocenters. The molecule has 0 aromatic heterocycles. The first-order valence-electron chi connectivity index (χ1n) is 9.10. The monoisotopic (exact) mass is 362 g/mol. The van der Waals surface area contributed by atoms with Crippen molar-refractivity contribution in [3.05, 3.63) is 48.6 Å². The van der Waals surface area contributed by atoms with Crippen molar-refractivity contribution in [3.8, 4) is 0 Å². The van der Waals surface area contributed by atoms with Crippen molar-refractivity contribution in [2.24, 2.45) is 0 Å². The first kappa shape index (κ1) is 20.6. The molecule has 1 aliphatic heterocycles. The highest BCUT2D eigenvalue weighted by molar-refractivity contribution is 5.69. The Balaban J connectivity index is 1.94. The van der Waals surface area contributed by atoms with Gasteiger partial charge in [0, 0.05) is 12.8 Å². The van der Waals surface area contributed by atoms with Crippen LogP contribution in [0.2, 0.25) is 0 Å². The van der Waals surface area contributed by atoms with Gasteiger partial charge in [0.2, 0.25) is 0 Å². The third-order valence-electron chi connectivity index (χ3n) is 4.33. The average Bonchev–Trinajstić information content (AvgIpc) is 2.59. The third-order valence-corrected chi connectivity index (χ3v) is 4.33. The summed E-state index contributed by atoms with van der Waals surface area (Å²) in [5, 5.41) is 0. The zero-order valence-electron chi connectivity index (χ0n) is 16.0. The van der Waals surface area contributed by atoms with E-state index in [4.69, 9.17) is 18.9 Å². The smallest absolute Gasteiger partial charge is 0.308 e. The Hall–Kier alpha value is -1.69. The molecule has 0 bridgehead atoms. The molecule has 0 aliphatic carbocycles. The van der Waals surface area contributed by atoms with Crippen molar-refractivity contribution in [1.82, 2.24) is 0 Å². The summed E-state index contributed by atoms with van der Waals surface area (Å²) in [7, 11) is 1.39. The Bertz CT molecular complexity index is 569. The number of carbonyl (C=O) groups is 1. The maximum absolute atomic E-state index is 11.6. The highest BCUT2D eigenvalue weighted by Crippen LogP contribution is 2.31. The van der Waals surface area contributed by atoms with Gasteiger partial charge >= 0.3 is 5.97 Å². The molecule has 0 spiro atoms. The molecule has 5 nitrogen and oxygen atoms in total. The van der Waals surface area contributed by atoms with Crippen molar-refractivity contribution in [2.75, 3.05) is 7.11 Å². The number of rotatable bonds is 9. The number of ether oxygens (including phenoxy) is 4. The summed E-state index contributed by atoms with van der Waals surface area (Å²) in [6, 6.07) is 10.1. The van der Waals surface area contributed by atoms with E-state index >= 15 is 0 Å². The molecule has 1 heterocycles. The van der Waals surface area contributed by atoms with Crippen LogP contribution in [0.3, 0.4) is 0 Å². The molecule has 0 radical (unpaired) electrons. The minimum absolute atomic E-state index is 0.00498. The second kappa shape index (κ2) is 9.86. The van der Waals surface area contributed by atoms with E-state index in [9.17, 15) is 4.79 Å². The quantitative estimate of drug-likeness (QED) is 0.491. The summed E-state index contributed by atoms with van der Waals surface area (Å²) < 4.78 is 22.8. The second-order valence-corrected chi connectivity index (χ2v) is 7.07. The SMILES string of the molecule is C=CC[C@@H](C[C@@H]1C[C@@H](CC(=O)OC)OC(C)(C)O1)OCc1ccccc1. The average molecular weight is 362 g/mol. The van der Waals surface area contributed by atoms with Crippen LogP contribution in [0.1, 0.15) is 45.1 Å². The van der Waals surface area contributed by atoms with Gasteiger partial charge in [-0.15, -0.1) is 6.58 Å². The van der Waals surface area contributed by atoms with Crippen molar-refractivity contribution in [1.29, 1.82) is 0 Å². The van der Waals surface area contributed by atoms with E-state index in [1.807, 2.05) is 50.3 Å². The molecular weight excluding hydrogens is 332 g/mol. The first-order valence-corrected chi connectivity index (χ1v) is 9.10. The molecule has 1 saturated heterocycles. The summed E-state index contributed by atoms with van der Waals surface area (Å²) in [6.45, 7) is 8.13. The van der Waals surface area contributed by atoms with E-state index in [1.54, 1.807) is 0 Å². The van der Waals surface area contributed by atoms with E-state index < -0.39 is 5.79 Å². The molecule has 3 atom stereocenters. The highest BCUT2D eigenvalue weighted by atomic mass is 16.7. The van der Waals surface area contributed by atoms with Crippen molar-refractivity contribution in [2.45, 2.75) is 70.2 Å². The zero-order valence-corrected chi connectivity index (χ0v) is 16.0. The Labute approximate surface area is 156 Å². The van der Waals surface area contributed by atoms with Gasteiger partial charge in [0.25, 0.3) is 0 Å². The van der Waals surface area contributed by atoms with E-state index in [0.29, 0.717) is 13.0 Å². The van der Waals surface area contributed by atoms with Crippen LogP contribution in [0.4, 0.5) is 0 Å². The second-order valence-electron chi connectivity index (χ2n) is 7.07. The van der Waals surface area contributed by atoms with E-state index in [0.717, 1.165) is 18.4 Å². The Morgan fingerprint density at radius 3 is 2.65 bits per heavy atom. The van der Waals surface area contributed by atoms with Crippen LogP contribution in [0, 0.1) is 0 Å². The largest absolute Gasteiger partial charge is 0.469 e. The van der Waals surface area contributed by atoms with Gasteiger partial charge in [0.1, 0.15) is 0 Å². The summed E-state index contributed by atoms with van der Waals surface area (Å²) in [5.74, 6) is -1.01. The maximum atomic E-state index is 11.6. The van der Waals surface area contributed by atoms with Crippen molar-refractivity contribution < 1.29 is 23.7 Å². The summed E-state index contributed by atoms with van der Waals surface area (Å²) in [5.41, 5.74) is 1.14.